The van der Waals surface area contributed by atoms with E-state index in [2.05, 4.69) is 25.2 Å². The molecule has 2 aromatic rings. The molecule has 1 heterocycles. The number of thioether (sulfide) groups is 1. The Morgan fingerprint density at radius 3 is 2.24 bits per heavy atom. The standard InChI is InChI=1S/C26H36N2O4S2/c1-17(2)23-16-24(18(3)15-25(23)32-5)19(4)27-26(29)20-11-13-28(14-12-20)34(30,31)22-9-7-21(33-6)8-10-22/h7-10,15-17,19-20H,11-14H2,1-6H3,(H,27,29)/t19-/m0/s1. The van der Waals surface area contributed by atoms with Crippen LogP contribution < -0.4 is 10.1 Å². The van der Waals surface area contributed by atoms with E-state index in [1.54, 1.807) is 31.0 Å². The van der Waals surface area contributed by atoms with Gasteiger partial charge in [-0.3, -0.25) is 4.79 Å². The molecule has 0 spiro atoms. The lowest BCUT2D eigenvalue weighted by molar-refractivity contribution is -0.126. The molecule has 8 heteroatoms. The molecule has 1 aliphatic heterocycles. The number of sulfonamides is 1. The number of amides is 1. The van der Waals surface area contributed by atoms with E-state index in [4.69, 9.17) is 4.74 Å². The van der Waals surface area contributed by atoms with Crippen molar-refractivity contribution < 1.29 is 17.9 Å². The van der Waals surface area contributed by atoms with Crippen LogP contribution in [0.3, 0.4) is 0 Å². The molecule has 1 saturated heterocycles. The lowest BCUT2D eigenvalue weighted by Crippen LogP contribution is -2.43. The average molecular weight is 505 g/mol. The number of methoxy groups -OCH3 is 1. The van der Waals surface area contributed by atoms with E-state index < -0.39 is 10.0 Å². The quantitative estimate of drug-likeness (QED) is 0.505. The largest absolute Gasteiger partial charge is 0.496 e. The minimum Gasteiger partial charge on any atom is -0.496 e. The van der Waals surface area contributed by atoms with Gasteiger partial charge in [-0.2, -0.15) is 4.31 Å². The van der Waals surface area contributed by atoms with Crippen molar-refractivity contribution in [2.75, 3.05) is 26.5 Å². The van der Waals surface area contributed by atoms with E-state index in [1.807, 2.05) is 38.3 Å². The van der Waals surface area contributed by atoms with Crippen LogP contribution in [0.15, 0.2) is 46.2 Å². The van der Waals surface area contributed by atoms with Crippen molar-refractivity contribution in [3.05, 3.63) is 53.1 Å². The maximum absolute atomic E-state index is 13.0. The molecule has 1 fully saturated rings. The molecule has 1 N–H and O–H groups in total. The summed E-state index contributed by atoms with van der Waals surface area (Å²) < 4.78 is 33.1. The van der Waals surface area contributed by atoms with Crippen LogP contribution in [0.4, 0.5) is 0 Å². The van der Waals surface area contributed by atoms with E-state index in [0.29, 0.717) is 36.7 Å². The van der Waals surface area contributed by atoms with Gasteiger partial charge >= 0.3 is 0 Å². The highest BCUT2D eigenvalue weighted by atomic mass is 32.2. The summed E-state index contributed by atoms with van der Waals surface area (Å²) in [5, 5.41) is 3.16. The van der Waals surface area contributed by atoms with E-state index in [0.717, 1.165) is 27.3 Å². The second kappa shape index (κ2) is 11.1. The number of nitrogens with zero attached hydrogens (tertiary/aromatic N) is 1. The highest BCUT2D eigenvalue weighted by Crippen LogP contribution is 2.32. The van der Waals surface area contributed by atoms with Gasteiger partial charge in [-0.25, -0.2) is 8.42 Å². The molecule has 1 atom stereocenters. The molecular formula is C26H36N2O4S2. The van der Waals surface area contributed by atoms with E-state index in [-0.39, 0.29) is 17.9 Å². The minimum atomic E-state index is -3.55. The molecule has 34 heavy (non-hydrogen) atoms. The Morgan fingerprint density at radius 2 is 1.71 bits per heavy atom. The SMILES string of the molecule is COc1cc(C)c([C@H](C)NC(=O)C2CCN(S(=O)(=O)c3ccc(SC)cc3)CC2)cc1C(C)C. The first kappa shape index (κ1) is 26.6. The summed E-state index contributed by atoms with van der Waals surface area (Å²) in [5.41, 5.74) is 3.27. The average Bonchev–Trinajstić information content (AvgIpc) is 2.83. The van der Waals surface area contributed by atoms with Crippen molar-refractivity contribution >= 4 is 27.7 Å². The fourth-order valence-electron chi connectivity index (χ4n) is 4.47. The fourth-order valence-corrected chi connectivity index (χ4v) is 6.35. The Balaban J connectivity index is 1.64. The molecule has 0 aliphatic carbocycles. The number of aryl methyl sites for hydroxylation is 1. The number of rotatable bonds is 8. The zero-order valence-corrected chi connectivity index (χ0v) is 22.6. The van der Waals surface area contributed by atoms with Crippen molar-refractivity contribution in [1.82, 2.24) is 9.62 Å². The summed E-state index contributed by atoms with van der Waals surface area (Å²) >= 11 is 1.58. The first-order chi connectivity index (χ1) is 16.1. The lowest BCUT2D eigenvalue weighted by Gasteiger charge is -2.31. The van der Waals surface area contributed by atoms with Gasteiger partial charge in [0.2, 0.25) is 15.9 Å². The second-order valence-electron chi connectivity index (χ2n) is 9.19. The second-order valence-corrected chi connectivity index (χ2v) is 12.0. The monoisotopic (exact) mass is 504 g/mol. The molecule has 1 aliphatic rings. The number of carbonyl (C=O) groups excluding carboxylic acids is 1. The van der Waals surface area contributed by atoms with Crippen LogP contribution >= 0.6 is 11.8 Å². The molecule has 0 radical (unpaired) electrons. The van der Waals surface area contributed by atoms with Gasteiger partial charge in [-0.05, 0) is 92.0 Å². The van der Waals surface area contributed by atoms with Crippen molar-refractivity contribution in [3.8, 4) is 5.75 Å². The molecule has 2 aromatic carbocycles. The Morgan fingerprint density at radius 1 is 1.09 bits per heavy atom. The van der Waals surface area contributed by atoms with Crippen molar-refractivity contribution in [3.63, 3.8) is 0 Å². The zero-order valence-electron chi connectivity index (χ0n) is 20.9. The Bertz CT molecular complexity index is 1110. The molecule has 0 saturated carbocycles. The first-order valence-electron chi connectivity index (χ1n) is 11.7. The minimum absolute atomic E-state index is 0.0183. The van der Waals surface area contributed by atoms with Crippen LogP contribution in [-0.4, -0.2) is 45.1 Å². The van der Waals surface area contributed by atoms with Crippen molar-refractivity contribution in [2.45, 2.75) is 62.3 Å². The maximum atomic E-state index is 13.0. The molecule has 0 aromatic heterocycles. The number of hydrogen-bond acceptors (Lipinski definition) is 5. The molecular weight excluding hydrogens is 468 g/mol. The smallest absolute Gasteiger partial charge is 0.243 e. The normalized spacial score (nSPS) is 16.4. The topological polar surface area (TPSA) is 75.7 Å². The van der Waals surface area contributed by atoms with Crippen LogP contribution in [0.5, 0.6) is 5.75 Å². The fraction of sp³-hybridized carbons (Fsp3) is 0.500. The molecule has 0 unspecified atom stereocenters. The van der Waals surface area contributed by atoms with E-state index >= 15 is 0 Å². The summed E-state index contributed by atoms with van der Waals surface area (Å²) in [7, 11) is -1.87. The zero-order chi connectivity index (χ0) is 25.0. The van der Waals surface area contributed by atoms with Gasteiger partial charge in [0, 0.05) is 23.9 Å². The van der Waals surface area contributed by atoms with E-state index in [9.17, 15) is 13.2 Å². The summed E-state index contributed by atoms with van der Waals surface area (Å²) in [4.78, 5) is 14.4. The maximum Gasteiger partial charge on any atom is 0.243 e. The third kappa shape index (κ3) is 5.78. The molecule has 3 rings (SSSR count). The Hall–Kier alpha value is -2.03. The Labute approximate surface area is 208 Å². The van der Waals surface area contributed by atoms with Crippen LogP contribution in [-0.2, 0) is 14.8 Å². The van der Waals surface area contributed by atoms with Crippen LogP contribution in [0, 0.1) is 12.8 Å². The predicted molar refractivity (Wildman–Crippen MR) is 138 cm³/mol. The van der Waals surface area contributed by atoms with Crippen molar-refractivity contribution in [1.29, 1.82) is 0 Å². The predicted octanol–water partition coefficient (Wildman–Crippen LogP) is 5.13. The Kier molecular flexibility index (Phi) is 8.71. The van der Waals surface area contributed by atoms with Gasteiger partial charge in [0.15, 0.2) is 0 Å². The number of ether oxygens (including phenoxy) is 1. The van der Waals surface area contributed by atoms with Crippen LogP contribution in [0.2, 0.25) is 0 Å². The third-order valence-electron chi connectivity index (χ3n) is 6.59. The van der Waals surface area contributed by atoms with Crippen LogP contribution in [0.25, 0.3) is 0 Å². The van der Waals surface area contributed by atoms with Gasteiger partial charge in [-0.15, -0.1) is 11.8 Å². The lowest BCUT2D eigenvalue weighted by atomic mass is 9.92. The first-order valence-corrected chi connectivity index (χ1v) is 14.4. The van der Waals surface area contributed by atoms with Gasteiger partial charge in [0.1, 0.15) is 5.75 Å². The van der Waals surface area contributed by atoms with Gasteiger partial charge in [-0.1, -0.05) is 13.8 Å². The molecule has 6 nitrogen and oxygen atoms in total. The summed E-state index contributed by atoms with van der Waals surface area (Å²) in [5.74, 6) is 0.956. The summed E-state index contributed by atoms with van der Waals surface area (Å²) in [6.45, 7) is 8.96. The summed E-state index contributed by atoms with van der Waals surface area (Å²) in [6.07, 6.45) is 2.98. The third-order valence-corrected chi connectivity index (χ3v) is 9.24. The number of hydrogen-bond donors (Lipinski definition) is 1. The highest BCUT2D eigenvalue weighted by molar-refractivity contribution is 7.98. The molecule has 186 valence electrons. The van der Waals surface area contributed by atoms with Crippen LogP contribution in [0.1, 0.15) is 62.3 Å². The number of nitrogens with one attached hydrogen (secondary N) is 1. The number of piperidine rings is 1. The van der Waals surface area contributed by atoms with E-state index in [1.165, 1.54) is 4.31 Å². The number of carbonyl (C=O) groups is 1. The highest BCUT2D eigenvalue weighted by Gasteiger charge is 2.32. The van der Waals surface area contributed by atoms with Gasteiger partial charge < -0.3 is 10.1 Å². The molecule has 0 bridgehead atoms. The van der Waals surface area contributed by atoms with Crippen molar-refractivity contribution in [2.24, 2.45) is 5.92 Å². The molecule has 1 amide bonds. The number of benzene rings is 2. The van der Waals surface area contributed by atoms with Gasteiger partial charge in [0.25, 0.3) is 0 Å². The summed E-state index contributed by atoms with van der Waals surface area (Å²) in [6, 6.07) is 11.0. The van der Waals surface area contributed by atoms with Gasteiger partial charge in [0.05, 0.1) is 18.0 Å².